The maximum atomic E-state index is 12.4. The van der Waals surface area contributed by atoms with Gasteiger partial charge in [0, 0.05) is 7.11 Å². The Bertz CT molecular complexity index is 787. The van der Waals surface area contributed by atoms with Crippen molar-refractivity contribution in [2.75, 3.05) is 33.5 Å². The van der Waals surface area contributed by atoms with Gasteiger partial charge in [-0.15, -0.1) is 0 Å². The van der Waals surface area contributed by atoms with Gasteiger partial charge < -0.3 is 78.7 Å². The molecular formula is C21H34O17. The summed E-state index contributed by atoms with van der Waals surface area (Å²) in [6.07, 6.45) is -23.7. The molecule has 4 saturated heterocycles. The highest BCUT2D eigenvalue weighted by molar-refractivity contribution is 5.70. The average Bonchev–Trinajstić information content (AvgIpc) is 2.91. The van der Waals surface area contributed by atoms with E-state index in [0.29, 0.717) is 0 Å². The van der Waals surface area contributed by atoms with Crippen molar-refractivity contribution < 1.29 is 83.5 Å². The fourth-order valence-electron chi connectivity index (χ4n) is 4.75. The largest absolute Gasteiger partial charge is 0.461 e. The van der Waals surface area contributed by atoms with Crippen molar-refractivity contribution in [3.05, 3.63) is 0 Å². The number of hydrogen-bond donors (Lipinski definition) is 8. The molecule has 0 amide bonds. The van der Waals surface area contributed by atoms with E-state index in [0.717, 1.165) is 0 Å². The van der Waals surface area contributed by atoms with Crippen LogP contribution < -0.4 is 0 Å². The smallest absolute Gasteiger partial charge is 0.332 e. The first-order valence-electron chi connectivity index (χ1n) is 12.0. The predicted molar refractivity (Wildman–Crippen MR) is 114 cm³/mol. The van der Waals surface area contributed by atoms with Gasteiger partial charge in [0.15, 0.2) is 18.9 Å². The molecule has 17 nitrogen and oxygen atoms in total. The molecule has 220 valence electrons. The van der Waals surface area contributed by atoms with Crippen molar-refractivity contribution in [1.29, 1.82) is 0 Å². The molecule has 4 fully saturated rings. The van der Waals surface area contributed by atoms with Crippen LogP contribution in [0.25, 0.3) is 0 Å². The Morgan fingerprint density at radius 3 is 1.97 bits per heavy atom. The van der Waals surface area contributed by atoms with Gasteiger partial charge >= 0.3 is 5.97 Å². The molecule has 0 aromatic heterocycles. The summed E-state index contributed by atoms with van der Waals surface area (Å²) in [5.74, 6) is -0.980. The van der Waals surface area contributed by atoms with Crippen LogP contribution in [0, 0.1) is 0 Å². The van der Waals surface area contributed by atoms with Gasteiger partial charge in [-0.1, -0.05) is 0 Å². The number of fused-ring (bicyclic) bond motifs is 5. The average molecular weight is 558 g/mol. The van der Waals surface area contributed by atoms with Crippen LogP contribution in [0.2, 0.25) is 0 Å². The summed E-state index contributed by atoms with van der Waals surface area (Å²) in [4.78, 5) is 12.4. The lowest BCUT2D eigenvalue weighted by molar-refractivity contribution is -0.384. The number of methoxy groups -OCH3 is 1. The van der Waals surface area contributed by atoms with E-state index in [9.17, 15) is 45.6 Å². The first-order chi connectivity index (χ1) is 18.1. The third-order valence-electron chi connectivity index (χ3n) is 6.91. The fourth-order valence-corrected chi connectivity index (χ4v) is 4.75. The number of esters is 1. The standard InChI is InChI=1S/C21H34O17/c1-31-21-18-17(12(27)7(3-23)35-21)33-5-9(24)32-4-8-10(25)13(28)14(29)19(36-8)37-16-11(26)6(2-22)34-20(38-18)15(16)30/h6-8,10-23,25-30H,2-5H2,1H3/t6-,7-,8?,10-,11-,12-,13+,14-,15+,16+,17+,18+,19-,20-,21+/m1/s1. The number of carbonyl (C=O) groups excluding carboxylic acids is 1. The van der Waals surface area contributed by atoms with Crippen molar-refractivity contribution in [2.45, 2.75) is 92.1 Å². The molecule has 4 bridgehead atoms. The molecule has 0 saturated carbocycles. The molecule has 4 aliphatic rings. The third kappa shape index (κ3) is 5.82. The van der Waals surface area contributed by atoms with Crippen LogP contribution in [0.5, 0.6) is 0 Å². The zero-order valence-corrected chi connectivity index (χ0v) is 20.2. The lowest BCUT2D eigenvalue weighted by Gasteiger charge is -2.48. The maximum Gasteiger partial charge on any atom is 0.332 e. The minimum atomic E-state index is -1.86. The highest BCUT2D eigenvalue weighted by atomic mass is 16.8. The monoisotopic (exact) mass is 558 g/mol. The topological polar surface area (TPSA) is 253 Å². The molecule has 38 heavy (non-hydrogen) atoms. The second-order valence-electron chi connectivity index (χ2n) is 9.33. The van der Waals surface area contributed by atoms with E-state index in [1.54, 1.807) is 0 Å². The van der Waals surface area contributed by atoms with Gasteiger partial charge in [0.25, 0.3) is 0 Å². The first-order valence-corrected chi connectivity index (χ1v) is 12.0. The van der Waals surface area contributed by atoms with Crippen LogP contribution >= 0.6 is 0 Å². The van der Waals surface area contributed by atoms with E-state index >= 15 is 0 Å². The van der Waals surface area contributed by atoms with Gasteiger partial charge in [-0.3, -0.25) is 0 Å². The summed E-state index contributed by atoms with van der Waals surface area (Å²) in [5.41, 5.74) is 0. The normalized spacial score (nSPS) is 50.8. The van der Waals surface area contributed by atoms with E-state index in [2.05, 4.69) is 0 Å². The van der Waals surface area contributed by atoms with E-state index in [1.807, 2.05) is 0 Å². The van der Waals surface area contributed by atoms with Crippen LogP contribution in [0.4, 0.5) is 0 Å². The summed E-state index contributed by atoms with van der Waals surface area (Å²) < 4.78 is 43.8. The van der Waals surface area contributed by atoms with Crippen molar-refractivity contribution in [2.24, 2.45) is 0 Å². The quantitative estimate of drug-likeness (QED) is 0.150. The zero-order valence-electron chi connectivity index (χ0n) is 20.2. The number of carbonyl (C=O) groups is 1. The van der Waals surface area contributed by atoms with E-state index < -0.39 is 125 Å². The molecule has 4 rings (SSSR count). The van der Waals surface area contributed by atoms with Crippen molar-refractivity contribution >= 4 is 5.97 Å². The molecule has 1 unspecified atom stereocenters. The summed E-state index contributed by atoms with van der Waals surface area (Å²) in [5, 5.41) is 82.8. The van der Waals surface area contributed by atoms with Crippen molar-refractivity contribution in [1.82, 2.24) is 0 Å². The second kappa shape index (κ2) is 12.6. The van der Waals surface area contributed by atoms with Crippen LogP contribution in [0.15, 0.2) is 0 Å². The number of aliphatic hydroxyl groups is 8. The Labute approximate surface area is 215 Å². The Morgan fingerprint density at radius 1 is 0.711 bits per heavy atom. The predicted octanol–water partition coefficient (Wildman–Crippen LogP) is -6.33. The summed E-state index contributed by atoms with van der Waals surface area (Å²) in [6, 6.07) is 0. The van der Waals surface area contributed by atoms with Crippen LogP contribution in [0.1, 0.15) is 0 Å². The van der Waals surface area contributed by atoms with Gasteiger partial charge in [-0.25, -0.2) is 4.79 Å². The molecule has 0 spiro atoms. The van der Waals surface area contributed by atoms with Crippen LogP contribution in [-0.4, -0.2) is 172 Å². The molecule has 4 heterocycles. The molecule has 8 N–H and O–H groups in total. The van der Waals surface area contributed by atoms with Crippen LogP contribution in [0.3, 0.4) is 0 Å². The Balaban J connectivity index is 1.69. The molecule has 0 aromatic rings. The molecule has 0 aromatic carbocycles. The molecule has 0 radical (unpaired) electrons. The SMILES string of the molecule is CO[C@H]1O[C@H](CO)[C@@H](O)[C@@H]2OCC(=O)OCC3O[C@H](O[C@@H]4[C@H](O)[C@@H](O[C@H]12)O[C@H](CO)[C@H]4O)[C@H](O)[C@@H](O)[C@@H]3O. The zero-order chi connectivity index (χ0) is 27.7. The fraction of sp³-hybridized carbons (Fsp3) is 0.952. The molecular weight excluding hydrogens is 524 g/mol. The van der Waals surface area contributed by atoms with Gasteiger partial charge in [0.2, 0.25) is 0 Å². The molecule has 0 aliphatic carbocycles. The summed E-state index contributed by atoms with van der Waals surface area (Å²) in [7, 11) is 1.22. The lowest BCUT2D eigenvalue weighted by Crippen LogP contribution is -2.67. The number of rotatable bonds is 3. The van der Waals surface area contributed by atoms with Gasteiger partial charge in [-0.05, 0) is 0 Å². The summed E-state index contributed by atoms with van der Waals surface area (Å²) in [6.45, 7) is -2.81. The Morgan fingerprint density at radius 2 is 1.32 bits per heavy atom. The van der Waals surface area contributed by atoms with E-state index in [-0.39, 0.29) is 0 Å². The van der Waals surface area contributed by atoms with E-state index in [1.165, 1.54) is 7.11 Å². The Hall–Kier alpha value is -1.13. The number of hydrogen-bond acceptors (Lipinski definition) is 17. The summed E-state index contributed by atoms with van der Waals surface area (Å²) >= 11 is 0. The third-order valence-corrected chi connectivity index (χ3v) is 6.91. The highest BCUT2D eigenvalue weighted by Crippen LogP contribution is 2.33. The molecule has 15 atom stereocenters. The van der Waals surface area contributed by atoms with Gasteiger partial charge in [0.05, 0.1) is 13.2 Å². The lowest BCUT2D eigenvalue weighted by atomic mass is 9.96. The van der Waals surface area contributed by atoms with Crippen molar-refractivity contribution in [3.63, 3.8) is 0 Å². The number of aliphatic hydroxyl groups excluding tert-OH is 8. The number of cyclic esters (lactones) is 1. The Kier molecular flexibility index (Phi) is 9.88. The minimum absolute atomic E-state index is 0.621. The van der Waals surface area contributed by atoms with E-state index in [4.69, 9.17) is 37.9 Å². The van der Waals surface area contributed by atoms with Gasteiger partial charge in [0.1, 0.15) is 86.5 Å². The number of ether oxygens (including phenoxy) is 8. The van der Waals surface area contributed by atoms with Crippen LogP contribution in [-0.2, 0) is 42.7 Å². The maximum absolute atomic E-state index is 12.4. The molecule has 4 aliphatic heterocycles. The minimum Gasteiger partial charge on any atom is -0.461 e. The molecule has 17 heteroatoms. The second-order valence-corrected chi connectivity index (χ2v) is 9.33. The first kappa shape index (κ1) is 29.8. The highest BCUT2D eigenvalue weighted by Gasteiger charge is 2.54. The van der Waals surface area contributed by atoms with Crippen molar-refractivity contribution in [3.8, 4) is 0 Å². The van der Waals surface area contributed by atoms with Gasteiger partial charge in [-0.2, -0.15) is 0 Å².